The lowest BCUT2D eigenvalue weighted by Crippen LogP contribution is -2.41. The van der Waals surface area contributed by atoms with Crippen LogP contribution in [0.2, 0.25) is 0 Å². The minimum absolute atomic E-state index is 0.0735. The Bertz CT molecular complexity index is 641. The van der Waals surface area contributed by atoms with Gasteiger partial charge in [-0.05, 0) is 28.8 Å². The molecule has 2 saturated heterocycles. The Kier molecular flexibility index (Phi) is 3.50. The standard InChI is InChI=1S/C17H21NO2S/c19-12-17-5-6-20-9-14(17)8-18(11-17)7-13-10-21-16-4-2-1-3-15(13)16/h1-4,10,14,19H,5-9,11-12H2/t14-,17-/m1/s1. The van der Waals surface area contributed by atoms with Crippen molar-refractivity contribution in [2.45, 2.75) is 13.0 Å². The second-order valence-corrected chi connectivity index (χ2v) is 7.38. The molecule has 4 heteroatoms. The third-order valence-electron chi connectivity index (χ3n) is 5.22. The Morgan fingerprint density at radius 1 is 1.38 bits per heavy atom. The van der Waals surface area contributed by atoms with Gasteiger partial charge >= 0.3 is 0 Å². The third kappa shape index (κ3) is 2.30. The lowest BCUT2D eigenvalue weighted by atomic mass is 9.75. The molecule has 21 heavy (non-hydrogen) atoms. The quantitative estimate of drug-likeness (QED) is 0.946. The summed E-state index contributed by atoms with van der Waals surface area (Å²) in [5, 5.41) is 13.6. The van der Waals surface area contributed by atoms with Crippen molar-refractivity contribution in [3.63, 3.8) is 0 Å². The molecule has 0 saturated carbocycles. The zero-order valence-corrected chi connectivity index (χ0v) is 12.9. The van der Waals surface area contributed by atoms with Gasteiger partial charge in [0.1, 0.15) is 0 Å². The average Bonchev–Trinajstić information content (AvgIpc) is 3.09. The molecule has 0 bridgehead atoms. The Labute approximate surface area is 129 Å². The molecule has 0 radical (unpaired) electrons. The number of thiophene rings is 1. The van der Waals surface area contributed by atoms with E-state index >= 15 is 0 Å². The van der Waals surface area contributed by atoms with Gasteiger partial charge in [0.05, 0.1) is 13.2 Å². The van der Waals surface area contributed by atoms with Gasteiger partial charge in [-0.3, -0.25) is 4.90 Å². The van der Waals surface area contributed by atoms with Crippen LogP contribution in [-0.4, -0.2) is 42.9 Å². The van der Waals surface area contributed by atoms with Crippen molar-refractivity contribution >= 4 is 21.4 Å². The fraction of sp³-hybridized carbons (Fsp3) is 0.529. The van der Waals surface area contributed by atoms with Gasteiger partial charge in [0, 0.05) is 42.3 Å². The number of aliphatic hydroxyl groups is 1. The molecular formula is C17H21NO2S. The van der Waals surface area contributed by atoms with Gasteiger partial charge in [-0.15, -0.1) is 11.3 Å². The summed E-state index contributed by atoms with van der Waals surface area (Å²) in [5.74, 6) is 0.487. The van der Waals surface area contributed by atoms with Crippen LogP contribution < -0.4 is 0 Å². The first kappa shape index (κ1) is 13.7. The molecule has 2 aliphatic heterocycles. The molecule has 3 heterocycles. The normalized spacial score (nSPS) is 29.9. The first-order chi connectivity index (χ1) is 10.3. The van der Waals surface area contributed by atoms with Gasteiger partial charge in [0.25, 0.3) is 0 Å². The second-order valence-electron chi connectivity index (χ2n) is 6.47. The van der Waals surface area contributed by atoms with Crippen molar-refractivity contribution in [3.05, 3.63) is 35.2 Å². The summed E-state index contributed by atoms with van der Waals surface area (Å²) in [6.07, 6.45) is 0.995. The smallest absolute Gasteiger partial charge is 0.0513 e. The number of ether oxygens (including phenoxy) is 1. The molecule has 2 aromatic rings. The lowest BCUT2D eigenvalue weighted by Gasteiger charge is -2.36. The Balaban J connectivity index is 1.56. The number of hydrogen-bond acceptors (Lipinski definition) is 4. The SMILES string of the molecule is OC[C@]12CCOC[C@H]1CN(Cc1csc3ccccc13)C2. The summed E-state index contributed by atoms with van der Waals surface area (Å²) >= 11 is 1.83. The lowest BCUT2D eigenvalue weighted by molar-refractivity contribution is -0.0417. The number of likely N-dealkylation sites (tertiary alicyclic amines) is 1. The highest BCUT2D eigenvalue weighted by Crippen LogP contribution is 2.42. The van der Waals surface area contributed by atoms with E-state index in [9.17, 15) is 5.11 Å². The largest absolute Gasteiger partial charge is 0.396 e. The van der Waals surface area contributed by atoms with E-state index in [0.29, 0.717) is 12.5 Å². The van der Waals surface area contributed by atoms with Crippen molar-refractivity contribution in [2.24, 2.45) is 11.3 Å². The molecule has 0 spiro atoms. The van der Waals surface area contributed by atoms with Gasteiger partial charge < -0.3 is 9.84 Å². The van der Waals surface area contributed by atoms with Crippen LogP contribution in [0, 0.1) is 11.3 Å². The molecule has 4 rings (SSSR count). The number of nitrogens with zero attached hydrogens (tertiary/aromatic N) is 1. The van der Waals surface area contributed by atoms with E-state index in [1.807, 2.05) is 11.3 Å². The maximum Gasteiger partial charge on any atom is 0.0513 e. The number of aliphatic hydroxyl groups excluding tert-OH is 1. The van der Waals surface area contributed by atoms with E-state index in [-0.39, 0.29) is 5.41 Å². The minimum atomic E-state index is 0.0735. The summed E-state index contributed by atoms with van der Waals surface area (Å²) in [6.45, 7) is 4.93. The molecule has 0 unspecified atom stereocenters. The fourth-order valence-electron chi connectivity index (χ4n) is 3.93. The minimum Gasteiger partial charge on any atom is -0.396 e. The van der Waals surface area contributed by atoms with Crippen LogP contribution in [0.3, 0.4) is 0 Å². The molecular weight excluding hydrogens is 282 g/mol. The number of fused-ring (bicyclic) bond motifs is 2. The van der Waals surface area contributed by atoms with E-state index in [0.717, 1.165) is 39.3 Å². The summed E-state index contributed by atoms with van der Waals surface area (Å²) in [5.41, 5.74) is 1.49. The highest BCUT2D eigenvalue weighted by Gasteiger charge is 2.47. The molecule has 112 valence electrons. The Morgan fingerprint density at radius 3 is 3.14 bits per heavy atom. The van der Waals surface area contributed by atoms with Crippen LogP contribution in [0.15, 0.2) is 29.6 Å². The second kappa shape index (κ2) is 5.36. The summed E-state index contributed by atoms with van der Waals surface area (Å²) in [6, 6.07) is 8.63. The number of benzene rings is 1. The third-order valence-corrected chi connectivity index (χ3v) is 6.23. The summed E-state index contributed by atoms with van der Waals surface area (Å²) in [7, 11) is 0. The molecule has 2 atom stereocenters. The van der Waals surface area contributed by atoms with Crippen LogP contribution in [0.4, 0.5) is 0 Å². The van der Waals surface area contributed by atoms with Gasteiger partial charge in [0.15, 0.2) is 0 Å². The fourth-order valence-corrected chi connectivity index (χ4v) is 4.89. The summed E-state index contributed by atoms with van der Waals surface area (Å²) < 4.78 is 6.99. The van der Waals surface area contributed by atoms with E-state index in [1.165, 1.54) is 15.6 Å². The highest BCUT2D eigenvalue weighted by atomic mass is 32.1. The molecule has 2 fully saturated rings. The van der Waals surface area contributed by atoms with Crippen molar-refractivity contribution in [2.75, 3.05) is 32.9 Å². The average molecular weight is 303 g/mol. The predicted octanol–water partition coefficient (Wildman–Crippen LogP) is 2.73. The van der Waals surface area contributed by atoms with Crippen molar-refractivity contribution < 1.29 is 9.84 Å². The molecule has 0 aliphatic carbocycles. The molecule has 1 aromatic carbocycles. The maximum atomic E-state index is 9.89. The van der Waals surface area contributed by atoms with E-state index in [1.54, 1.807) is 0 Å². The van der Waals surface area contributed by atoms with Gasteiger partial charge in [-0.25, -0.2) is 0 Å². The van der Waals surface area contributed by atoms with Crippen LogP contribution in [0.5, 0.6) is 0 Å². The molecule has 1 N–H and O–H groups in total. The molecule has 0 amide bonds. The first-order valence-corrected chi connectivity index (χ1v) is 8.55. The number of hydrogen-bond donors (Lipinski definition) is 1. The topological polar surface area (TPSA) is 32.7 Å². The van der Waals surface area contributed by atoms with E-state index in [4.69, 9.17) is 4.74 Å². The zero-order valence-electron chi connectivity index (χ0n) is 12.1. The van der Waals surface area contributed by atoms with Gasteiger partial charge in [-0.1, -0.05) is 18.2 Å². The van der Waals surface area contributed by atoms with Crippen LogP contribution in [0.25, 0.3) is 10.1 Å². The summed E-state index contributed by atoms with van der Waals surface area (Å²) in [4.78, 5) is 2.50. The van der Waals surface area contributed by atoms with E-state index in [2.05, 4.69) is 34.5 Å². The van der Waals surface area contributed by atoms with Gasteiger partial charge in [0.2, 0.25) is 0 Å². The van der Waals surface area contributed by atoms with Crippen LogP contribution >= 0.6 is 11.3 Å². The number of rotatable bonds is 3. The molecule has 1 aromatic heterocycles. The van der Waals surface area contributed by atoms with E-state index < -0.39 is 0 Å². The monoisotopic (exact) mass is 303 g/mol. The van der Waals surface area contributed by atoms with Crippen LogP contribution in [0.1, 0.15) is 12.0 Å². The highest BCUT2D eigenvalue weighted by molar-refractivity contribution is 7.17. The Hall–Kier alpha value is -0.940. The predicted molar refractivity (Wildman–Crippen MR) is 85.5 cm³/mol. The van der Waals surface area contributed by atoms with Crippen molar-refractivity contribution in [1.82, 2.24) is 4.90 Å². The maximum absolute atomic E-state index is 9.89. The molecule has 3 nitrogen and oxygen atoms in total. The molecule has 2 aliphatic rings. The first-order valence-electron chi connectivity index (χ1n) is 7.67. The van der Waals surface area contributed by atoms with Crippen LogP contribution in [-0.2, 0) is 11.3 Å². The Morgan fingerprint density at radius 2 is 2.29 bits per heavy atom. The zero-order chi connectivity index (χ0) is 14.3. The van der Waals surface area contributed by atoms with Gasteiger partial charge in [-0.2, -0.15) is 0 Å². The van der Waals surface area contributed by atoms with Crippen molar-refractivity contribution in [1.29, 1.82) is 0 Å². The van der Waals surface area contributed by atoms with Crippen molar-refractivity contribution in [3.8, 4) is 0 Å².